The summed E-state index contributed by atoms with van der Waals surface area (Å²) >= 11 is 1.27. The number of amides is 1. The minimum Gasteiger partial charge on any atom is -0.481 e. The molecule has 23 heavy (non-hydrogen) atoms. The van der Waals surface area contributed by atoms with Crippen LogP contribution >= 0.6 is 11.3 Å². The summed E-state index contributed by atoms with van der Waals surface area (Å²) in [4.78, 5) is 27.9. The topological polar surface area (TPSA) is 129 Å². The number of aryl methyl sites for hydroxylation is 2. The van der Waals surface area contributed by atoms with E-state index in [1.54, 1.807) is 31.2 Å². The third kappa shape index (κ3) is 4.36. The van der Waals surface area contributed by atoms with Crippen LogP contribution in [-0.2, 0) is 11.2 Å². The van der Waals surface area contributed by atoms with Crippen molar-refractivity contribution in [1.29, 1.82) is 5.41 Å². The Labute approximate surface area is 136 Å². The van der Waals surface area contributed by atoms with Crippen LogP contribution in [0, 0.1) is 12.3 Å². The number of anilines is 1. The number of carbonyl (C=O) groups is 2. The van der Waals surface area contributed by atoms with Gasteiger partial charge in [0.25, 0.3) is 5.91 Å². The van der Waals surface area contributed by atoms with Crippen molar-refractivity contribution in [3.05, 3.63) is 46.0 Å². The number of carbonyl (C=O) groups excluding carboxylic acids is 1. The molecule has 1 heterocycles. The molecular formula is C15H16N4O3S. The van der Waals surface area contributed by atoms with Crippen LogP contribution in [0.5, 0.6) is 0 Å². The van der Waals surface area contributed by atoms with Gasteiger partial charge in [-0.2, -0.15) is 0 Å². The number of aliphatic carboxylic acids is 1. The van der Waals surface area contributed by atoms with E-state index in [4.69, 9.17) is 16.2 Å². The van der Waals surface area contributed by atoms with Gasteiger partial charge in [-0.1, -0.05) is 12.1 Å². The summed E-state index contributed by atoms with van der Waals surface area (Å²) in [6.45, 7) is 1.78. The molecule has 5 N–H and O–H groups in total. The second-order valence-corrected chi connectivity index (χ2v) is 5.95. The number of hydrogen-bond donors (Lipinski definition) is 4. The maximum atomic E-state index is 12.2. The average molecular weight is 332 g/mol. The van der Waals surface area contributed by atoms with Gasteiger partial charge < -0.3 is 10.8 Å². The summed E-state index contributed by atoms with van der Waals surface area (Å²) in [5, 5.41) is 19.2. The maximum Gasteiger partial charge on any atom is 0.303 e. The standard InChI is InChI=1S/C15H16N4O3S/c1-8-11(6-7-12(20)21)23-15(18-8)19-14(22)10-4-2-9(3-5-10)13(16)17/h2-5H,6-7H2,1H3,(H3,16,17)(H,20,21)(H,18,19,22). The van der Waals surface area contributed by atoms with Crippen molar-refractivity contribution >= 4 is 34.2 Å². The summed E-state index contributed by atoms with van der Waals surface area (Å²) in [5.74, 6) is -1.25. The summed E-state index contributed by atoms with van der Waals surface area (Å²) in [6, 6.07) is 6.36. The minimum atomic E-state index is -0.867. The van der Waals surface area contributed by atoms with Gasteiger partial charge in [0.2, 0.25) is 0 Å². The number of nitrogens with one attached hydrogen (secondary N) is 2. The summed E-state index contributed by atoms with van der Waals surface area (Å²) in [5.41, 5.74) is 7.06. The van der Waals surface area contributed by atoms with E-state index in [0.29, 0.717) is 22.7 Å². The van der Waals surface area contributed by atoms with E-state index in [1.807, 2.05) is 0 Å². The van der Waals surface area contributed by atoms with Gasteiger partial charge in [-0.25, -0.2) is 4.98 Å². The second-order valence-electron chi connectivity index (χ2n) is 4.87. The third-order valence-corrected chi connectivity index (χ3v) is 4.27. The van der Waals surface area contributed by atoms with Crippen LogP contribution in [0.25, 0.3) is 0 Å². The first kappa shape index (κ1) is 16.6. The van der Waals surface area contributed by atoms with E-state index < -0.39 is 5.97 Å². The molecule has 0 aliphatic rings. The van der Waals surface area contributed by atoms with E-state index in [2.05, 4.69) is 10.3 Å². The number of benzene rings is 1. The van der Waals surface area contributed by atoms with E-state index in [0.717, 1.165) is 10.6 Å². The van der Waals surface area contributed by atoms with Crippen LogP contribution in [0.4, 0.5) is 5.13 Å². The predicted octanol–water partition coefficient (Wildman–Crippen LogP) is 2.01. The molecule has 2 aromatic rings. The van der Waals surface area contributed by atoms with Crippen LogP contribution in [0.15, 0.2) is 24.3 Å². The Morgan fingerprint density at radius 2 is 1.91 bits per heavy atom. The molecule has 0 radical (unpaired) electrons. The molecule has 0 fully saturated rings. The number of nitrogens with two attached hydrogens (primary N) is 1. The Morgan fingerprint density at radius 3 is 2.48 bits per heavy atom. The van der Waals surface area contributed by atoms with Crippen molar-refractivity contribution in [2.45, 2.75) is 19.8 Å². The smallest absolute Gasteiger partial charge is 0.303 e. The van der Waals surface area contributed by atoms with Crippen molar-refractivity contribution in [2.24, 2.45) is 5.73 Å². The first-order chi connectivity index (χ1) is 10.9. The largest absolute Gasteiger partial charge is 0.481 e. The monoisotopic (exact) mass is 332 g/mol. The van der Waals surface area contributed by atoms with Crippen LogP contribution in [0.1, 0.15) is 32.9 Å². The van der Waals surface area contributed by atoms with Crippen molar-refractivity contribution < 1.29 is 14.7 Å². The minimum absolute atomic E-state index is 0.0307. The lowest BCUT2D eigenvalue weighted by atomic mass is 10.1. The quantitative estimate of drug-likeness (QED) is 0.475. The number of hydrogen-bond acceptors (Lipinski definition) is 5. The van der Waals surface area contributed by atoms with Gasteiger partial charge >= 0.3 is 5.97 Å². The molecule has 0 aliphatic heterocycles. The maximum absolute atomic E-state index is 12.2. The lowest BCUT2D eigenvalue weighted by Gasteiger charge is -2.03. The fraction of sp³-hybridized carbons (Fsp3) is 0.200. The van der Waals surface area contributed by atoms with Crippen molar-refractivity contribution in [3.8, 4) is 0 Å². The molecule has 1 aromatic heterocycles. The third-order valence-electron chi connectivity index (χ3n) is 3.14. The van der Waals surface area contributed by atoms with Gasteiger partial charge in [0, 0.05) is 16.0 Å². The van der Waals surface area contributed by atoms with Crippen molar-refractivity contribution in [1.82, 2.24) is 4.98 Å². The highest BCUT2D eigenvalue weighted by Crippen LogP contribution is 2.24. The van der Waals surface area contributed by atoms with Crippen molar-refractivity contribution in [2.75, 3.05) is 5.32 Å². The average Bonchev–Trinajstić information content (AvgIpc) is 2.84. The first-order valence-electron chi connectivity index (χ1n) is 6.80. The highest BCUT2D eigenvalue weighted by atomic mass is 32.1. The van der Waals surface area contributed by atoms with Gasteiger partial charge in [0.05, 0.1) is 12.1 Å². The molecular weight excluding hydrogens is 316 g/mol. The zero-order chi connectivity index (χ0) is 17.0. The predicted molar refractivity (Wildman–Crippen MR) is 88.2 cm³/mol. The Bertz CT molecular complexity index is 753. The highest BCUT2D eigenvalue weighted by Gasteiger charge is 2.13. The van der Waals surface area contributed by atoms with Gasteiger partial charge in [0.15, 0.2) is 5.13 Å². The zero-order valence-electron chi connectivity index (χ0n) is 12.4. The molecule has 0 spiro atoms. The number of nitrogen functional groups attached to an aromatic ring is 1. The van der Waals surface area contributed by atoms with Crippen LogP contribution in [0.2, 0.25) is 0 Å². The van der Waals surface area contributed by atoms with Gasteiger partial charge in [-0.15, -0.1) is 11.3 Å². The summed E-state index contributed by atoms with van der Waals surface area (Å²) in [7, 11) is 0. The molecule has 2 rings (SSSR count). The van der Waals surface area contributed by atoms with E-state index >= 15 is 0 Å². The lowest BCUT2D eigenvalue weighted by Crippen LogP contribution is -2.14. The number of carboxylic acid groups (broad SMARTS) is 1. The first-order valence-corrected chi connectivity index (χ1v) is 7.62. The number of carboxylic acids is 1. The molecule has 0 aliphatic carbocycles. The SMILES string of the molecule is Cc1nc(NC(=O)c2ccc(C(=N)N)cc2)sc1CCC(=O)O. The number of nitrogens with zero attached hydrogens (tertiary/aromatic N) is 1. The normalized spacial score (nSPS) is 10.3. The number of amidine groups is 1. The summed E-state index contributed by atoms with van der Waals surface area (Å²) in [6.07, 6.45) is 0.422. The van der Waals surface area contributed by atoms with E-state index in [9.17, 15) is 9.59 Å². The second kappa shape index (κ2) is 7.01. The molecule has 0 atom stereocenters. The molecule has 1 amide bonds. The molecule has 0 bridgehead atoms. The molecule has 120 valence electrons. The van der Waals surface area contributed by atoms with E-state index in [1.165, 1.54) is 11.3 Å². The van der Waals surface area contributed by atoms with E-state index in [-0.39, 0.29) is 18.2 Å². The Balaban J connectivity index is 2.06. The fourth-order valence-electron chi connectivity index (χ4n) is 1.90. The van der Waals surface area contributed by atoms with Gasteiger partial charge in [-0.05, 0) is 25.5 Å². The number of rotatable bonds is 6. The fourth-order valence-corrected chi connectivity index (χ4v) is 2.86. The summed E-state index contributed by atoms with van der Waals surface area (Å²) < 4.78 is 0. The Kier molecular flexibility index (Phi) is 5.07. The highest BCUT2D eigenvalue weighted by molar-refractivity contribution is 7.15. The Hall–Kier alpha value is -2.74. The molecule has 8 heteroatoms. The van der Waals surface area contributed by atoms with Crippen LogP contribution in [-0.4, -0.2) is 27.8 Å². The van der Waals surface area contributed by atoms with Crippen molar-refractivity contribution in [3.63, 3.8) is 0 Å². The zero-order valence-corrected chi connectivity index (χ0v) is 13.2. The molecule has 7 nitrogen and oxygen atoms in total. The van der Waals surface area contributed by atoms with Crippen LogP contribution in [0.3, 0.4) is 0 Å². The Morgan fingerprint density at radius 1 is 1.30 bits per heavy atom. The van der Waals surface area contributed by atoms with Gasteiger partial charge in [0.1, 0.15) is 5.84 Å². The molecule has 0 saturated heterocycles. The lowest BCUT2D eigenvalue weighted by molar-refractivity contribution is -0.136. The number of aromatic nitrogens is 1. The van der Waals surface area contributed by atoms with Gasteiger partial charge in [-0.3, -0.25) is 20.3 Å². The van der Waals surface area contributed by atoms with Crippen LogP contribution < -0.4 is 11.1 Å². The molecule has 0 unspecified atom stereocenters. The number of thiazole rings is 1. The molecule has 0 saturated carbocycles. The molecule has 1 aromatic carbocycles.